The van der Waals surface area contributed by atoms with Crippen LogP contribution in [0.4, 0.5) is 18.9 Å². The summed E-state index contributed by atoms with van der Waals surface area (Å²) in [7, 11) is 0. The van der Waals surface area contributed by atoms with Crippen molar-refractivity contribution in [3.05, 3.63) is 33.6 Å². The predicted octanol–water partition coefficient (Wildman–Crippen LogP) is 2.19. The molecule has 0 spiro atoms. The quantitative estimate of drug-likeness (QED) is 0.474. The van der Waals surface area contributed by atoms with E-state index in [0.29, 0.717) is 6.07 Å². The van der Waals surface area contributed by atoms with Crippen molar-refractivity contribution in [2.45, 2.75) is 13.1 Å². The van der Waals surface area contributed by atoms with Crippen LogP contribution in [0.25, 0.3) is 0 Å². The van der Waals surface area contributed by atoms with Crippen molar-refractivity contribution in [1.82, 2.24) is 4.98 Å². The maximum absolute atomic E-state index is 12.4. The minimum atomic E-state index is -4.91. The standard InChI is InChI=1S/C9H7F3N2O4/c1-2-18-8(15)6-3-7(14(16)17)5(4-13-6)9(10,11)12/h3-4H,2H2,1H3. The number of halogens is 3. The molecule has 0 saturated carbocycles. The van der Waals surface area contributed by atoms with Crippen LogP contribution in [0.1, 0.15) is 23.0 Å². The first-order chi connectivity index (χ1) is 8.27. The molecule has 1 aromatic rings. The highest BCUT2D eigenvalue weighted by Crippen LogP contribution is 2.35. The molecule has 18 heavy (non-hydrogen) atoms. The van der Waals surface area contributed by atoms with Crippen LogP contribution in [0, 0.1) is 10.1 Å². The van der Waals surface area contributed by atoms with Crippen molar-refractivity contribution in [2.75, 3.05) is 6.61 Å². The third kappa shape index (κ3) is 2.93. The van der Waals surface area contributed by atoms with Crippen molar-refractivity contribution in [3.63, 3.8) is 0 Å². The van der Waals surface area contributed by atoms with Gasteiger partial charge in [-0.3, -0.25) is 10.1 Å². The minimum absolute atomic E-state index is 0.0185. The van der Waals surface area contributed by atoms with E-state index in [1.54, 1.807) is 0 Å². The van der Waals surface area contributed by atoms with Crippen LogP contribution in [0.2, 0.25) is 0 Å². The van der Waals surface area contributed by atoms with Crippen LogP contribution < -0.4 is 0 Å². The number of ether oxygens (including phenoxy) is 1. The second kappa shape index (κ2) is 4.98. The molecule has 1 rings (SSSR count). The Hall–Kier alpha value is -2.19. The number of carbonyl (C=O) groups excluding carboxylic acids is 1. The molecule has 0 bridgehead atoms. The molecule has 0 saturated heterocycles. The van der Waals surface area contributed by atoms with E-state index in [2.05, 4.69) is 9.72 Å². The number of nitro groups is 1. The molecular weight excluding hydrogens is 257 g/mol. The van der Waals surface area contributed by atoms with E-state index in [9.17, 15) is 28.1 Å². The third-order valence-corrected chi connectivity index (χ3v) is 1.87. The monoisotopic (exact) mass is 264 g/mol. The molecule has 0 atom stereocenters. The summed E-state index contributed by atoms with van der Waals surface area (Å²) in [5.74, 6) is -1.02. The molecule has 9 heteroatoms. The summed E-state index contributed by atoms with van der Waals surface area (Å²) in [6, 6.07) is 0.445. The second-order valence-corrected chi connectivity index (χ2v) is 3.06. The maximum atomic E-state index is 12.4. The number of rotatable bonds is 3. The third-order valence-electron chi connectivity index (χ3n) is 1.87. The van der Waals surface area contributed by atoms with Crippen molar-refractivity contribution >= 4 is 11.7 Å². The molecule has 6 nitrogen and oxygen atoms in total. The number of alkyl halides is 3. The molecule has 0 radical (unpaired) electrons. The van der Waals surface area contributed by atoms with Gasteiger partial charge in [-0.1, -0.05) is 0 Å². The average molecular weight is 264 g/mol. The van der Waals surface area contributed by atoms with Crippen molar-refractivity contribution in [2.24, 2.45) is 0 Å². The normalized spacial score (nSPS) is 11.1. The highest BCUT2D eigenvalue weighted by Gasteiger charge is 2.39. The first kappa shape index (κ1) is 13.9. The molecule has 0 aliphatic carbocycles. The summed E-state index contributed by atoms with van der Waals surface area (Å²) in [6.07, 6.45) is -4.67. The fourth-order valence-electron chi connectivity index (χ4n) is 1.13. The van der Waals surface area contributed by atoms with Crippen molar-refractivity contribution < 1.29 is 27.6 Å². The Labute approximate surface area is 98.5 Å². The highest BCUT2D eigenvalue weighted by molar-refractivity contribution is 5.88. The molecule has 0 fully saturated rings. The smallest absolute Gasteiger partial charge is 0.424 e. The lowest BCUT2D eigenvalue weighted by molar-refractivity contribution is -0.388. The zero-order valence-electron chi connectivity index (χ0n) is 9.02. The van der Waals surface area contributed by atoms with Gasteiger partial charge >= 0.3 is 12.1 Å². The zero-order valence-corrected chi connectivity index (χ0v) is 9.02. The Morgan fingerprint density at radius 3 is 2.61 bits per heavy atom. The van der Waals surface area contributed by atoms with Gasteiger partial charge in [0, 0.05) is 12.3 Å². The van der Waals surface area contributed by atoms with Gasteiger partial charge in [0.1, 0.15) is 0 Å². The number of nitrogens with zero attached hydrogens (tertiary/aromatic N) is 2. The van der Waals surface area contributed by atoms with Gasteiger partial charge in [-0.15, -0.1) is 0 Å². The van der Waals surface area contributed by atoms with E-state index < -0.39 is 34.0 Å². The number of esters is 1. The largest absolute Gasteiger partial charge is 0.461 e. The van der Waals surface area contributed by atoms with E-state index in [4.69, 9.17) is 0 Å². The van der Waals surface area contributed by atoms with Crippen LogP contribution in [0.15, 0.2) is 12.3 Å². The van der Waals surface area contributed by atoms with E-state index in [1.165, 1.54) is 6.92 Å². The summed E-state index contributed by atoms with van der Waals surface area (Å²) < 4.78 is 41.8. The van der Waals surface area contributed by atoms with Crippen LogP contribution in [0.5, 0.6) is 0 Å². The Balaban J connectivity index is 3.28. The Morgan fingerprint density at radius 1 is 1.56 bits per heavy atom. The van der Waals surface area contributed by atoms with E-state index >= 15 is 0 Å². The summed E-state index contributed by atoms with van der Waals surface area (Å²) in [5.41, 5.74) is -3.29. The molecule has 98 valence electrons. The summed E-state index contributed by atoms with van der Waals surface area (Å²) in [4.78, 5) is 23.7. The molecule has 0 aromatic carbocycles. The fraction of sp³-hybridized carbons (Fsp3) is 0.333. The van der Waals surface area contributed by atoms with Crippen molar-refractivity contribution in [1.29, 1.82) is 0 Å². The number of hydrogen-bond acceptors (Lipinski definition) is 5. The van der Waals surface area contributed by atoms with Gasteiger partial charge in [0.2, 0.25) is 0 Å². The lowest BCUT2D eigenvalue weighted by Gasteiger charge is -2.07. The number of hydrogen-bond donors (Lipinski definition) is 0. The predicted molar refractivity (Wildman–Crippen MR) is 51.8 cm³/mol. The van der Waals surface area contributed by atoms with Crippen LogP contribution >= 0.6 is 0 Å². The molecule has 0 unspecified atom stereocenters. The first-order valence-electron chi connectivity index (χ1n) is 4.66. The fourth-order valence-corrected chi connectivity index (χ4v) is 1.13. The van der Waals surface area contributed by atoms with Gasteiger partial charge in [-0.2, -0.15) is 13.2 Å². The van der Waals surface area contributed by atoms with Gasteiger partial charge in [0.05, 0.1) is 11.5 Å². The molecular formula is C9H7F3N2O4. The summed E-state index contributed by atoms with van der Waals surface area (Å²) in [5, 5.41) is 10.5. The maximum Gasteiger partial charge on any atom is 0.424 e. The molecule has 1 heterocycles. The lowest BCUT2D eigenvalue weighted by atomic mass is 10.2. The topological polar surface area (TPSA) is 82.3 Å². The number of pyridine rings is 1. The van der Waals surface area contributed by atoms with Gasteiger partial charge in [-0.05, 0) is 6.92 Å². The highest BCUT2D eigenvalue weighted by atomic mass is 19.4. The molecule has 0 aliphatic heterocycles. The number of aromatic nitrogens is 1. The zero-order chi connectivity index (χ0) is 13.9. The van der Waals surface area contributed by atoms with E-state index in [1.807, 2.05) is 0 Å². The van der Waals surface area contributed by atoms with Crippen molar-refractivity contribution in [3.8, 4) is 0 Å². The number of carbonyl (C=O) groups is 1. The van der Waals surface area contributed by atoms with E-state index in [-0.39, 0.29) is 12.8 Å². The van der Waals surface area contributed by atoms with Crippen LogP contribution in [0.3, 0.4) is 0 Å². The Kier molecular flexibility index (Phi) is 3.84. The molecule has 1 aromatic heterocycles. The van der Waals surface area contributed by atoms with E-state index in [0.717, 1.165) is 0 Å². The van der Waals surface area contributed by atoms with Gasteiger partial charge < -0.3 is 4.74 Å². The van der Waals surface area contributed by atoms with Crippen LogP contribution in [-0.2, 0) is 10.9 Å². The minimum Gasteiger partial charge on any atom is -0.461 e. The lowest BCUT2D eigenvalue weighted by Crippen LogP contribution is -2.13. The molecule has 0 aliphatic rings. The Morgan fingerprint density at radius 2 is 2.17 bits per heavy atom. The SMILES string of the molecule is CCOC(=O)c1cc([N+](=O)[O-])c(C(F)(F)F)cn1. The summed E-state index contributed by atoms with van der Waals surface area (Å²) in [6.45, 7) is 1.46. The molecule has 0 N–H and O–H groups in total. The average Bonchev–Trinajstić information content (AvgIpc) is 2.27. The van der Waals surface area contributed by atoms with Gasteiger partial charge in [0.15, 0.2) is 11.3 Å². The first-order valence-corrected chi connectivity index (χ1v) is 4.66. The Bertz CT molecular complexity index is 487. The van der Waals surface area contributed by atoms with Crippen LogP contribution in [-0.4, -0.2) is 22.5 Å². The second-order valence-electron chi connectivity index (χ2n) is 3.06. The molecule has 0 amide bonds. The van der Waals surface area contributed by atoms with Gasteiger partial charge in [-0.25, -0.2) is 9.78 Å². The summed E-state index contributed by atoms with van der Waals surface area (Å²) >= 11 is 0. The van der Waals surface area contributed by atoms with Gasteiger partial charge in [0.25, 0.3) is 5.69 Å².